The number of hydrogen-bond donors (Lipinski definition) is 1. The molecule has 1 aromatic carbocycles. The van der Waals surface area contributed by atoms with Crippen molar-refractivity contribution < 1.29 is 14.1 Å². The molecule has 1 aliphatic carbocycles. The van der Waals surface area contributed by atoms with Crippen LogP contribution >= 0.6 is 0 Å². The average Bonchev–Trinajstić information content (AvgIpc) is 3.48. The number of azide groups is 1. The number of rotatable bonds is 7. The minimum Gasteiger partial charge on any atom is -0.368 e. The van der Waals surface area contributed by atoms with Gasteiger partial charge in [-0.3, -0.25) is 0 Å². The van der Waals surface area contributed by atoms with Crippen LogP contribution in [0.1, 0.15) is 52.0 Å². The first-order valence-electron chi connectivity index (χ1n) is 9.91. The third kappa shape index (κ3) is 5.13. The molecule has 0 bridgehead atoms. The number of benzene rings is 1. The Balaban J connectivity index is 1.86. The van der Waals surface area contributed by atoms with Crippen molar-refractivity contribution in [3.05, 3.63) is 46.3 Å². The number of aliphatic hydroxyl groups excluding tert-OH is 1. The van der Waals surface area contributed by atoms with Crippen molar-refractivity contribution in [2.24, 2.45) is 11.0 Å². The summed E-state index contributed by atoms with van der Waals surface area (Å²) in [7, 11) is -1.22. The first-order valence-corrected chi connectivity index (χ1v) is 11.0. The minimum atomic E-state index is -1.22. The van der Waals surface area contributed by atoms with Gasteiger partial charge in [-0.2, -0.15) is 0 Å². The Kier molecular flexibility index (Phi) is 6.78. The van der Waals surface area contributed by atoms with E-state index >= 15 is 0 Å². The number of nitrogens with zero attached hydrogens (tertiary/aromatic N) is 4. The van der Waals surface area contributed by atoms with E-state index < -0.39 is 28.1 Å². The molecule has 0 spiro atoms. The van der Waals surface area contributed by atoms with Gasteiger partial charge in [-0.15, -0.1) is 0 Å². The van der Waals surface area contributed by atoms with E-state index in [1.165, 1.54) is 0 Å². The predicted octanol–water partition coefficient (Wildman–Crippen LogP) is 3.91. The average molecular weight is 407 g/mol. The molecule has 2 fully saturated rings. The highest BCUT2D eigenvalue weighted by Crippen LogP contribution is 2.42. The molecule has 0 aromatic heterocycles. The van der Waals surface area contributed by atoms with E-state index in [1.807, 2.05) is 51.1 Å². The van der Waals surface area contributed by atoms with Crippen molar-refractivity contribution in [3.8, 4) is 0 Å². The van der Waals surface area contributed by atoms with Gasteiger partial charge in [0.05, 0.1) is 22.9 Å². The molecule has 0 radical (unpaired) electrons. The van der Waals surface area contributed by atoms with E-state index in [4.69, 9.17) is 10.3 Å². The molecular formula is C20H30N4O3S. The van der Waals surface area contributed by atoms with Crippen LogP contribution in [-0.4, -0.2) is 42.8 Å². The Morgan fingerprint density at radius 2 is 1.96 bits per heavy atom. The van der Waals surface area contributed by atoms with Gasteiger partial charge < -0.3 is 9.84 Å². The van der Waals surface area contributed by atoms with Crippen molar-refractivity contribution in [3.63, 3.8) is 0 Å². The van der Waals surface area contributed by atoms with Gasteiger partial charge in [0.15, 0.2) is 6.29 Å². The molecule has 1 aliphatic heterocycles. The molecule has 0 amide bonds. The maximum absolute atomic E-state index is 13.5. The van der Waals surface area contributed by atoms with Crippen LogP contribution in [0.2, 0.25) is 0 Å². The van der Waals surface area contributed by atoms with Gasteiger partial charge in [-0.1, -0.05) is 35.4 Å². The number of ether oxygens (including phenoxy) is 1. The van der Waals surface area contributed by atoms with E-state index in [0.717, 1.165) is 18.4 Å². The fourth-order valence-corrected chi connectivity index (χ4v) is 5.30. The first kappa shape index (κ1) is 21.3. The summed E-state index contributed by atoms with van der Waals surface area (Å²) in [5.41, 5.74) is 9.77. The Labute approximate surface area is 169 Å². The van der Waals surface area contributed by atoms with Gasteiger partial charge in [-0.05, 0) is 63.5 Å². The third-order valence-corrected chi connectivity index (χ3v) is 7.17. The van der Waals surface area contributed by atoms with Crippen molar-refractivity contribution in [1.82, 2.24) is 4.31 Å². The van der Waals surface area contributed by atoms with Crippen LogP contribution in [0, 0.1) is 5.92 Å². The summed E-state index contributed by atoms with van der Waals surface area (Å²) in [5.74, 6) is 0.406. The lowest BCUT2D eigenvalue weighted by molar-refractivity contribution is -0.187. The molecule has 2 aliphatic rings. The summed E-state index contributed by atoms with van der Waals surface area (Å²) in [5, 5.41) is 13.9. The molecule has 5 atom stereocenters. The van der Waals surface area contributed by atoms with E-state index in [9.17, 15) is 9.32 Å². The SMILES string of the molecule is CC(C)(C)S(=O)N(Cc1ccccc1)C(C1CC1)[C@@H]1CCC(N=[N+]=[N-])C(O)O1. The second kappa shape index (κ2) is 8.93. The smallest absolute Gasteiger partial charge is 0.163 e. The largest absolute Gasteiger partial charge is 0.368 e. The van der Waals surface area contributed by atoms with Crippen LogP contribution < -0.4 is 0 Å². The van der Waals surface area contributed by atoms with Crippen molar-refractivity contribution in [2.45, 2.75) is 82.2 Å². The summed E-state index contributed by atoms with van der Waals surface area (Å²) in [6, 6.07) is 9.45. The van der Waals surface area contributed by atoms with Gasteiger partial charge >= 0.3 is 0 Å². The highest BCUT2D eigenvalue weighted by Gasteiger charge is 2.47. The van der Waals surface area contributed by atoms with Crippen LogP contribution in [0.15, 0.2) is 35.4 Å². The van der Waals surface area contributed by atoms with E-state index in [2.05, 4.69) is 14.3 Å². The molecule has 28 heavy (non-hydrogen) atoms. The summed E-state index contributed by atoms with van der Waals surface area (Å²) in [6.07, 6.45) is 2.05. The molecular weight excluding hydrogens is 376 g/mol. The Hall–Kier alpha value is -1.44. The second-order valence-electron chi connectivity index (χ2n) is 8.67. The monoisotopic (exact) mass is 406 g/mol. The summed E-state index contributed by atoms with van der Waals surface area (Å²) >= 11 is 0. The van der Waals surface area contributed by atoms with Gasteiger partial charge in [0, 0.05) is 11.5 Å². The third-order valence-electron chi connectivity index (χ3n) is 5.33. The van der Waals surface area contributed by atoms with Crippen molar-refractivity contribution in [2.75, 3.05) is 0 Å². The topological polar surface area (TPSA) is 98.5 Å². The van der Waals surface area contributed by atoms with Crippen molar-refractivity contribution in [1.29, 1.82) is 0 Å². The van der Waals surface area contributed by atoms with Crippen molar-refractivity contribution >= 4 is 11.0 Å². The van der Waals surface area contributed by atoms with E-state index in [-0.39, 0.29) is 12.1 Å². The van der Waals surface area contributed by atoms with Crippen LogP contribution in [0.4, 0.5) is 0 Å². The van der Waals surface area contributed by atoms with Crippen LogP contribution in [0.25, 0.3) is 10.4 Å². The zero-order chi connectivity index (χ0) is 20.3. The van der Waals surface area contributed by atoms with Gasteiger partial charge in [0.1, 0.15) is 11.0 Å². The maximum atomic E-state index is 13.5. The van der Waals surface area contributed by atoms with Crippen LogP contribution in [0.5, 0.6) is 0 Å². The van der Waals surface area contributed by atoms with E-state index in [0.29, 0.717) is 25.3 Å². The lowest BCUT2D eigenvalue weighted by atomic mass is 9.95. The molecule has 1 N–H and O–H groups in total. The fourth-order valence-electron chi connectivity index (χ4n) is 3.80. The molecule has 154 valence electrons. The molecule has 1 saturated carbocycles. The van der Waals surface area contributed by atoms with Gasteiger partial charge in [-0.25, -0.2) is 8.51 Å². The molecule has 1 heterocycles. The quantitative estimate of drug-likeness (QED) is 0.422. The molecule has 7 nitrogen and oxygen atoms in total. The molecule has 1 aromatic rings. The highest BCUT2D eigenvalue weighted by molar-refractivity contribution is 7.84. The number of hydrogen-bond acceptors (Lipinski definition) is 4. The van der Waals surface area contributed by atoms with E-state index in [1.54, 1.807) is 0 Å². The summed E-state index contributed by atoms with van der Waals surface area (Å²) < 4.78 is 21.1. The van der Waals surface area contributed by atoms with Crippen LogP contribution in [-0.2, 0) is 22.3 Å². The lowest BCUT2D eigenvalue weighted by Crippen LogP contribution is -2.53. The van der Waals surface area contributed by atoms with Crippen LogP contribution in [0.3, 0.4) is 0 Å². The zero-order valence-corrected chi connectivity index (χ0v) is 17.6. The summed E-state index contributed by atoms with van der Waals surface area (Å²) in [6.45, 7) is 6.53. The fraction of sp³-hybridized carbons (Fsp3) is 0.700. The maximum Gasteiger partial charge on any atom is 0.163 e. The zero-order valence-electron chi connectivity index (χ0n) is 16.8. The molecule has 1 saturated heterocycles. The lowest BCUT2D eigenvalue weighted by Gasteiger charge is -2.42. The summed E-state index contributed by atoms with van der Waals surface area (Å²) in [4.78, 5) is 2.80. The Bertz CT molecular complexity index is 729. The second-order valence-corrected chi connectivity index (χ2v) is 10.9. The van der Waals surface area contributed by atoms with Gasteiger partial charge in [0.2, 0.25) is 0 Å². The Morgan fingerprint density at radius 3 is 2.50 bits per heavy atom. The predicted molar refractivity (Wildman–Crippen MR) is 109 cm³/mol. The molecule has 3 rings (SSSR count). The highest BCUT2D eigenvalue weighted by atomic mass is 32.2. The Morgan fingerprint density at radius 1 is 1.29 bits per heavy atom. The standard InChI is InChI=1S/C20H30N4O3S/c1-20(2,3)28(26)24(13-14-7-5-4-6-8-14)18(15-9-10-15)17-12-11-16(22-23-21)19(25)27-17/h4-8,15-19,25H,9-13H2,1-3H3/t16?,17-,18?,19?,28?/m0/s1. The normalized spacial score (nSPS) is 27.8. The van der Waals surface area contributed by atoms with Gasteiger partial charge in [0.25, 0.3) is 0 Å². The number of aliphatic hydroxyl groups is 1. The minimum absolute atomic E-state index is 0.0399. The molecule has 4 unspecified atom stereocenters. The first-order chi connectivity index (χ1) is 13.3. The molecule has 8 heteroatoms.